The molecule has 1 fully saturated rings. The van der Waals surface area contributed by atoms with Crippen molar-refractivity contribution < 1.29 is 9.59 Å². The number of hydrogen-bond donors (Lipinski definition) is 2. The van der Waals surface area contributed by atoms with Crippen molar-refractivity contribution in [3.05, 3.63) is 24.3 Å². The standard InChI is InChI=1S/C18H25N3O2/c1-2-14-18(23)21(16-11-7-6-10-15(16)20-14)12-17(22)19-13-8-4-3-5-9-13/h6-7,10-11,13-14,20H,2-5,8-9,12H2,1H3,(H,19,22). The minimum atomic E-state index is -0.257. The average Bonchev–Trinajstić information content (AvgIpc) is 2.58. The van der Waals surface area contributed by atoms with Crippen LogP contribution in [0.25, 0.3) is 0 Å². The summed E-state index contributed by atoms with van der Waals surface area (Å²) in [5.41, 5.74) is 1.71. The van der Waals surface area contributed by atoms with Gasteiger partial charge in [0.15, 0.2) is 0 Å². The molecule has 5 heteroatoms. The monoisotopic (exact) mass is 315 g/mol. The Bertz CT molecular complexity index is 581. The van der Waals surface area contributed by atoms with E-state index in [4.69, 9.17) is 0 Å². The fraction of sp³-hybridized carbons (Fsp3) is 0.556. The van der Waals surface area contributed by atoms with E-state index in [0.717, 1.165) is 24.2 Å². The zero-order chi connectivity index (χ0) is 16.2. The normalized spacial score (nSPS) is 21.5. The maximum atomic E-state index is 12.6. The Balaban J connectivity index is 1.72. The number of fused-ring (bicyclic) bond motifs is 1. The topological polar surface area (TPSA) is 61.4 Å². The zero-order valence-corrected chi connectivity index (χ0v) is 13.7. The molecule has 1 atom stereocenters. The van der Waals surface area contributed by atoms with Gasteiger partial charge in [0.05, 0.1) is 11.4 Å². The van der Waals surface area contributed by atoms with Gasteiger partial charge in [-0.05, 0) is 31.4 Å². The van der Waals surface area contributed by atoms with Gasteiger partial charge in [0.1, 0.15) is 12.6 Å². The summed E-state index contributed by atoms with van der Waals surface area (Å²) in [6.07, 6.45) is 6.42. The van der Waals surface area contributed by atoms with Gasteiger partial charge in [-0.3, -0.25) is 14.5 Å². The summed E-state index contributed by atoms with van der Waals surface area (Å²) in [5.74, 6) is -0.0817. The van der Waals surface area contributed by atoms with Crippen LogP contribution in [-0.4, -0.2) is 30.4 Å². The van der Waals surface area contributed by atoms with Gasteiger partial charge in [-0.1, -0.05) is 38.3 Å². The van der Waals surface area contributed by atoms with Crippen LogP contribution >= 0.6 is 0 Å². The second-order valence-electron chi connectivity index (χ2n) is 6.45. The van der Waals surface area contributed by atoms with Crippen molar-refractivity contribution in [3.63, 3.8) is 0 Å². The number of benzene rings is 1. The maximum Gasteiger partial charge on any atom is 0.250 e. The molecular weight excluding hydrogens is 290 g/mol. The van der Waals surface area contributed by atoms with Crippen molar-refractivity contribution in [2.75, 3.05) is 16.8 Å². The van der Waals surface area contributed by atoms with Crippen molar-refractivity contribution in [2.24, 2.45) is 0 Å². The summed E-state index contributed by atoms with van der Waals surface area (Å²) >= 11 is 0. The van der Waals surface area contributed by atoms with Gasteiger partial charge in [-0.25, -0.2) is 0 Å². The predicted molar refractivity (Wildman–Crippen MR) is 91.5 cm³/mol. The molecule has 1 aliphatic carbocycles. The van der Waals surface area contributed by atoms with Gasteiger partial charge in [-0.15, -0.1) is 0 Å². The van der Waals surface area contributed by atoms with Crippen LogP contribution < -0.4 is 15.5 Å². The summed E-state index contributed by atoms with van der Waals surface area (Å²) in [5, 5.41) is 6.36. The molecule has 0 radical (unpaired) electrons. The van der Waals surface area contributed by atoms with E-state index in [9.17, 15) is 9.59 Å². The van der Waals surface area contributed by atoms with Crippen LogP contribution in [0.5, 0.6) is 0 Å². The van der Waals surface area contributed by atoms with E-state index < -0.39 is 0 Å². The molecule has 1 heterocycles. The van der Waals surface area contributed by atoms with Gasteiger partial charge in [0.25, 0.3) is 0 Å². The number of carbonyl (C=O) groups excluding carboxylic acids is 2. The second kappa shape index (κ2) is 7.02. The molecule has 2 aliphatic rings. The number of rotatable bonds is 4. The molecule has 2 N–H and O–H groups in total. The van der Waals surface area contributed by atoms with Crippen LogP contribution in [0.1, 0.15) is 45.4 Å². The molecule has 1 saturated carbocycles. The molecule has 1 aliphatic heterocycles. The number of nitrogens with one attached hydrogen (secondary N) is 2. The summed E-state index contributed by atoms with van der Waals surface area (Å²) < 4.78 is 0. The highest BCUT2D eigenvalue weighted by atomic mass is 16.2. The van der Waals surface area contributed by atoms with E-state index in [-0.39, 0.29) is 30.4 Å². The maximum absolute atomic E-state index is 12.6. The summed E-state index contributed by atoms with van der Waals surface area (Å²) in [7, 11) is 0. The van der Waals surface area contributed by atoms with Crippen LogP contribution in [0, 0.1) is 0 Å². The number of amides is 2. The van der Waals surface area contributed by atoms with Gasteiger partial charge in [0.2, 0.25) is 11.8 Å². The van der Waals surface area contributed by atoms with E-state index in [2.05, 4.69) is 10.6 Å². The fourth-order valence-electron chi connectivity index (χ4n) is 3.49. The number of nitrogens with zero attached hydrogens (tertiary/aromatic N) is 1. The third-order valence-corrected chi connectivity index (χ3v) is 4.77. The molecule has 1 aromatic rings. The minimum Gasteiger partial charge on any atom is -0.372 e. The lowest BCUT2D eigenvalue weighted by Crippen LogP contribution is -2.51. The third-order valence-electron chi connectivity index (χ3n) is 4.77. The lowest BCUT2D eigenvalue weighted by Gasteiger charge is -2.35. The van der Waals surface area contributed by atoms with Gasteiger partial charge in [-0.2, -0.15) is 0 Å². The molecule has 2 amide bonds. The van der Waals surface area contributed by atoms with Crippen LogP contribution in [0.3, 0.4) is 0 Å². The Hall–Kier alpha value is -2.04. The first-order valence-corrected chi connectivity index (χ1v) is 8.65. The van der Waals surface area contributed by atoms with Crippen molar-refractivity contribution in [1.82, 2.24) is 5.32 Å². The molecule has 0 aromatic heterocycles. The summed E-state index contributed by atoms with van der Waals surface area (Å²) in [6.45, 7) is 2.08. The predicted octanol–water partition coefficient (Wildman–Crippen LogP) is 2.67. The lowest BCUT2D eigenvalue weighted by molar-refractivity contribution is -0.124. The van der Waals surface area contributed by atoms with E-state index >= 15 is 0 Å². The molecule has 5 nitrogen and oxygen atoms in total. The van der Waals surface area contributed by atoms with Crippen molar-refractivity contribution in [2.45, 2.75) is 57.5 Å². The second-order valence-corrected chi connectivity index (χ2v) is 6.45. The lowest BCUT2D eigenvalue weighted by atomic mass is 9.95. The summed E-state index contributed by atoms with van der Waals surface area (Å²) in [4.78, 5) is 26.7. The number of hydrogen-bond acceptors (Lipinski definition) is 3. The Morgan fingerprint density at radius 3 is 2.74 bits per heavy atom. The molecular formula is C18H25N3O2. The van der Waals surface area contributed by atoms with Crippen molar-refractivity contribution >= 4 is 23.2 Å². The first-order valence-electron chi connectivity index (χ1n) is 8.65. The zero-order valence-electron chi connectivity index (χ0n) is 13.7. The minimum absolute atomic E-state index is 0.0232. The molecule has 23 heavy (non-hydrogen) atoms. The highest BCUT2D eigenvalue weighted by Crippen LogP contribution is 2.31. The van der Waals surface area contributed by atoms with Gasteiger partial charge < -0.3 is 10.6 Å². The highest BCUT2D eigenvalue weighted by molar-refractivity contribution is 6.07. The molecule has 0 bridgehead atoms. The van der Waals surface area contributed by atoms with Crippen LogP contribution in [0.2, 0.25) is 0 Å². The van der Waals surface area contributed by atoms with Crippen LogP contribution in [0.4, 0.5) is 11.4 Å². The first kappa shape index (κ1) is 15.8. The Morgan fingerprint density at radius 2 is 2.00 bits per heavy atom. The quantitative estimate of drug-likeness (QED) is 0.898. The van der Waals surface area contributed by atoms with Crippen LogP contribution in [-0.2, 0) is 9.59 Å². The van der Waals surface area contributed by atoms with Gasteiger partial charge >= 0.3 is 0 Å². The van der Waals surface area contributed by atoms with Crippen molar-refractivity contribution in [3.8, 4) is 0 Å². The number of anilines is 2. The van der Waals surface area contributed by atoms with Gasteiger partial charge in [0, 0.05) is 6.04 Å². The first-order chi connectivity index (χ1) is 11.2. The van der Waals surface area contributed by atoms with E-state index in [0.29, 0.717) is 6.42 Å². The fourth-order valence-corrected chi connectivity index (χ4v) is 3.49. The third kappa shape index (κ3) is 3.49. The molecule has 1 aromatic carbocycles. The molecule has 1 unspecified atom stereocenters. The SMILES string of the molecule is CCC1Nc2ccccc2N(CC(=O)NC2CCCCC2)C1=O. The highest BCUT2D eigenvalue weighted by Gasteiger charge is 2.32. The summed E-state index contributed by atoms with van der Waals surface area (Å²) in [6, 6.07) is 7.69. The van der Waals surface area contributed by atoms with E-state index in [1.54, 1.807) is 4.90 Å². The number of para-hydroxylation sites is 2. The van der Waals surface area contributed by atoms with E-state index in [1.807, 2.05) is 31.2 Å². The smallest absolute Gasteiger partial charge is 0.250 e. The number of carbonyl (C=O) groups is 2. The molecule has 0 spiro atoms. The van der Waals surface area contributed by atoms with E-state index in [1.165, 1.54) is 19.3 Å². The van der Waals surface area contributed by atoms with Crippen LogP contribution in [0.15, 0.2) is 24.3 Å². The molecule has 0 saturated heterocycles. The largest absolute Gasteiger partial charge is 0.372 e. The Kier molecular flexibility index (Phi) is 4.84. The molecule has 124 valence electrons. The average molecular weight is 315 g/mol. The molecule has 3 rings (SSSR count). The Morgan fingerprint density at radius 1 is 1.26 bits per heavy atom. The van der Waals surface area contributed by atoms with Crippen molar-refractivity contribution in [1.29, 1.82) is 0 Å². The Labute approximate surface area is 137 Å².